The number of benzene rings is 1. The van der Waals surface area contributed by atoms with Crippen molar-refractivity contribution in [2.24, 2.45) is 5.92 Å². The minimum absolute atomic E-state index is 0.0112. The maximum atomic E-state index is 12.5. The summed E-state index contributed by atoms with van der Waals surface area (Å²) in [6.45, 7) is 0.913. The Balaban J connectivity index is 1.59. The topological polar surface area (TPSA) is 54.3 Å². The predicted octanol–water partition coefficient (Wildman–Crippen LogP) is 2.40. The number of aliphatic hydroxyl groups is 1. The highest BCUT2D eigenvalue weighted by Crippen LogP contribution is 2.17. The quantitative estimate of drug-likeness (QED) is 0.805. The van der Waals surface area contributed by atoms with E-state index in [9.17, 15) is 4.79 Å². The van der Waals surface area contributed by atoms with Gasteiger partial charge in [-0.25, -0.2) is 0 Å². The van der Waals surface area contributed by atoms with Crippen LogP contribution in [0.3, 0.4) is 0 Å². The van der Waals surface area contributed by atoms with Crippen molar-refractivity contribution in [3.05, 3.63) is 72.1 Å². The normalized spacial score (nSPS) is 19.9. The fraction of sp³-hybridized carbons (Fsp3) is 0.316. The van der Waals surface area contributed by atoms with Gasteiger partial charge in [-0.2, -0.15) is 0 Å². The number of hydrogen-bond donors (Lipinski definition) is 2. The van der Waals surface area contributed by atoms with Crippen molar-refractivity contribution in [1.82, 2.24) is 9.88 Å². The van der Waals surface area contributed by atoms with E-state index >= 15 is 0 Å². The molecule has 3 rings (SSSR count). The number of nitrogens with zero attached hydrogens (tertiary/aromatic N) is 1. The van der Waals surface area contributed by atoms with Gasteiger partial charge in [-0.15, -0.1) is 0 Å². The molecule has 1 heterocycles. The van der Waals surface area contributed by atoms with Crippen molar-refractivity contribution < 1.29 is 9.90 Å². The van der Waals surface area contributed by atoms with Crippen molar-refractivity contribution in [3.63, 3.8) is 0 Å². The van der Waals surface area contributed by atoms with Crippen LogP contribution in [0.25, 0.3) is 0 Å². The monoisotopic (exact) mass is 310 g/mol. The van der Waals surface area contributed by atoms with E-state index in [0.717, 1.165) is 19.4 Å². The van der Waals surface area contributed by atoms with Gasteiger partial charge >= 0.3 is 0 Å². The Morgan fingerprint density at radius 1 is 1.17 bits per heavy atom. The zero-order chi connectivity index (χ0) is 16.1. The second-order valence-corrected chi connectivity index (χ2v) is 5.97. The van der Waals surface area contributed by atoms with Crippen LogP contribution in [0.4, 0.5) is 0 Å². The predicted molar refractivity (Wildman–Crippen MR) is 90.2 cm³/mol. The summed E-state index contributed by atoms with van der Waals surface area (Å²) in [6.07, 6.45) is 7.55. The molecule has 120 valence electrons. The lowest BCUT2D eigenvalue weighted by atomic mass is 10.1. The molecule has 0 bridgehead atoms. The highest BCUT2D eigenvalue weighted by Gasteiger charge is 2.21. The Morgan fingerprint density at radius 3 is 2.74 bits per heavy atom. The Hall–Kier alpha value is -2.33. The number of nitrogens with one attached hydrogen (secondary N) is 1. The Morgan fingerprint density at radius 2 is 2.00 bits per heavy atom. The molecule has 1 aliphatic carbocycles. The minimum Gasteiger partial charge on any atom is -0.396 e. The Kier molecular flexibility index (Phi) is 4.93. The number of aromatic nitrogens is 1. The molecule has 2 aromatic rings. The molecule has 4 nitrogen and oxygen atoms in total. The van der Waals surface area contributed by atoms with Gasteiger partial charge in [-0.3, -0.25) is 4.79 Å². The summed E-state index contributed by atoms with van der Waals surface area (Å²) in [4.78, 5) is 12.5. The van der Waals surface area contributed by atoms with Gasteiger partial charge in [0.05, 0.1) is 0 Å². The van der Waals surface area contributed by atoms with E-state index in [1.807, 2.05) is 53.2 Å². The van der Waals surface area contributed by atoms with Crippen LogP contribution in [0.15, 0.2) is 60.8 Å². The van der Waals surface area contributed by atoms with Gasteiger partial charge in [-0.1, -0.05) is 42.5 Å². The van der Waals surface area contributed by atoms with E-state index < -0.39 is 0 Å². The third kappa shape index (κ3) is 3.90. The van der Waals surface area contributed by atoms with Crippen molar-refractivity contribution in [2.75, 3.05) is 6.61 Å². The van der Waals surface area contributed by atoms with Gasteiger partial charge in [0.25, 0.3) is 5.91 Å². The fourth-order valence-electron chi connectivity index (χ4n) is 2.97. The summed E-state index contributed by atoms with van der Waals surface area (Å²) in [5.74, 6) is 0.0986. The van der Waals surface area contributed by atoms with Gasteiger partial charge < -0.3 is 15.0 Å². The summed E-state index contributed by atoms with van der Waals surface area (Å²) < 4.78 is 1.99. The molecule has 1 aromatic carbocycles. The number of carbonyl (C=O) groups excluding carboxylic acids is 1. The average molecular weight is 310 g/mol. The lowest BCUT2D eigenvalue weighted by molar-refractivity contribution is 0.0931. The zero-order valence-corrected chi connectivity index (χ0v) is 13.1. The van der Waals surface area contributed by atoms with Crippen LogP contribution in [0.1, 0.15) is 22.5 Å². The SMILES string of the molecule is O=C(N[C@@H]1C=C[C@H](CO)C1)c1cccn1CCc1ccccc1. The summed E-state index contributed by atoms with van der Waals surface area (Å²) in [5, 5.41) is 12.2. The fourth-order valence-corrected chi connectivity index (χ4v) is 2.97. The van der Waals surface area contributed by atoms with E-state index in [2.05, 4.69) is 17.4 Å². The lowest BCUT2D eigenvalue weighted by Crippen LogP contribution is -2.34. The molecule has 0 spiro atoms. The minimum atomic E-state index is -0.0590. The molecule has 0 fully saturated rings. The van der Waals surface area contributed by atoms with Crippen LogP contribution >= 0.6 is 0 Å². The molecular formula is C19H22N2O2. The summed E-state index contributed by atoms with van der Waals surface area (Å²) >= 11 is 0. The first-order chi connectivity index (χ1) is 11.3. The van der Waals surface area contributed by atoms with Gasteiger partial charge in [0.1, 0.15) is 5.69 Å². The van der Waals surface area contributed by atoms with Gasteiger partial charge in [0.15, 0.2) is 0 Å². The zero-order valence-electron chi connectivity index (χ0n) is 13.1. The second-order valence-electron chi connectivity index (χ2n) is 5.97. The molecule has 0 radical (unpaired) electrons. The highest BCUT2D eigenvalue weighted by molar-refractivity contribution is 5.93. The third-order valence-corrected chi connectivity index (χ3v) is 4.27. The molecule has 0 saturated heterocycles. The van der Waals surface area contributed by atoms with E-state index in [1.165, 1.54) is 5.56 Å². The van der Waals surface area contributed by atoms with Gasteiger partial charge in [-0.05, 0) is 30.5 Å². The van der Waals surface area contributed by atoms with Gasteiger partial charge in [0, 0.05) is 31.3 Å². The second kappa shape index (κ2) is 7.29. The molecule has 4 heteroatoms. The smallest absolute Gasteiger partial charge is 0.268 e. The number of carbonyl (C=O) groups is 1. The lowest BCUT2D eigenvalue weighted by Gasteiger charge is -2.14. The van der Waals surface area contributed by atoms with Crippen LogP contribution in [0.5, 0.6) is 0 Å². The van der Waals surface area contributed by atoms with Crippen LogP contribution in [0.2, 0.25) is 0 Å². The van der Waals surface area contributed by atoms with Crippen LogP contribution < -0.4 is 5.32 Å². The molecule has 0 unspecified atom stereocenters. The third-order valence-electron chi connectivity index (χ3n) is 4.27. The number of hydrogen-bond acceptors (Lipinski definition) is 2. The highest BCUT2D eigenvalue weighted by atomic mass is 16.3. The molecule has 0 saturated carbocycles. The standard InChI is InChI=1S/C19H22N2O2/c22-14-16-8-9-17(13-16)20-19(23)18-7-4-11-21(18)12-10-15-5-2-1-3-6-15/h1-9,11,16-17,22H,10,12-14H2,(H,20,23)/t16-,17+/m0/s1. The maximum Gasteiger partial charge on any atom is 0.268 e. The Bertz CT molecular complexity index is 676. The van der Waals surface area contributed by atoms with Crippen molar-refractivity contribution in [2.45, 2.75) is 25.4 Å². The van der Waals surface area contributed by atoms with E-state index in [1.54, 1.807) is 0 Å². The van der Waals surface area contributed by atoms with E-state index in [0.29, 0.717) is 5.69 Å². The van der Waals surface area contributed by atoms with E-state index in [-0.39, 0.29) is 24.5 Å². The molecule has 1 amide bonds. The Labute approximate surface area is 136 Å². The molecule has 1 aromatic heterocycles. The molecule has 2 N–H and O–H groups in total. The first-order valence-electron chi connectivity index (χ1n) is 8.05. The molecule has 2 atom stereocenters. The largest absolute Gasteiger partial charge is 0.396 e. The van der Waals surface area contributed by atoms with Gasteiger partial charge in [0.2, 0.25) is 0 Å². The number of aryl methyl sites for hydroxylation is 2. The summed E-state index contributed by atoms with van der Waals surface area (Å²) in [7, 11) is 0. The number of amides is 1. The van der Waals surface area contributed by atoms with Crippen LogP contribution in [-0.2, 0) is 13.0 Å². The summed E-state index contributed by atoms with van der Waals surface area (Å²) in [5.41, 5.74) is 1.94. The van der Waals surface area contributed by atoms with Crippen LogP contribution in [-0.4, -0.2) is 28.2 Å². The number of rotatable bonds is 6. The van der Waals surface area contributed by atoms with Crippen molar-refractivity contribution >= 4 is 5.91 Å². The average Bonchev–Trinajstić information content (AvgIpc) is 3.22. The molecule has 0 aliphatic heterocycles. The summed E-state index contributed by atoms with van der Waals surface area (Å²) in [6, 6.07) is 14.0. The molecule has 23 heavy (non-hydrogen) atoms. The number of aliphatic hydroxyl groups excluding tert-OH is 1. The first-order valence-corrected chi connectivity index (χ1v) is 8.05. The van der Waals surface area contributed by atoms with Crippen LogP contribution in [0, 0.1) is 5.92 Å². The first kappa shape index (κ1) is 15.6. The molecular weight excluding hydrogens is 288 g/mol. The van der Waals surface area contributed by atoms with Crippen molar-refractivity contribution in [3.8, 4) is 0 Å². The maximum absolute atomic E-state index is 12.5. The van der Waals surface area contributed by atoms with Crippen molar-refractivity contribution in [1.29, 1.82) is 0 Å². The van der Waals surface area contributed by atoms with E-state index in [4.69, 9.17) is 5.11 Å². The molecule has 1 aliphatic rings.